The second kappa shape index (κ2) is 10.5. The summed E-state index contributed by atoms with van der Waals surface area (Å²) >= 11 is 3.54. The van der Waals surface area contributed by atoms with Gasteiger partial charge < -0.3 is 20.2 Å². The summed E-state index contributed by atoms with van der Waals surface area (Å²) in [6.07, 6.45) is 4.04. The summed E-state index contributed by atoms with van der Waals surface area (Å²) in [5.74, 6) is -1.19. The van der Waals surface area contributed by atoms with Gasteiger partial charge in [0.25, 0.3) is 12.4 Å². The van der Waals surface area contributed by atoms with E-state index in [1.54, 1.807) is 18.3 Å². The first-order valence-electron chi connectivity index (χ1n) is 10.8. The number of piperidine rings is 1. The van der Waals surface area contributed by atoms with Crippen LogP contribution in [0.5, 0.6) is 0 Å². The minimum Gasteiger partial charge on any atom is -0.483 e. The Hall–Kier alpha value is -3.05. The van der Waals surface area contributed by atoms with Crippen LogP contribution in [0.4, 0.5) is 8.78 Å². The normalized spacial score (nSPS) is 19.1. The number of benzene rings is 1. The number of aryl methyl sites for hydroxylation is 2. The van der Waals surface area contributed by atoms with Crippen LogP contribution in [0.3, 0.4) is 0 Å². The monoisotopic (exact) mass is 536 g/mol. The van der Waals surface area contributed by atoms with Gasteiger partial charge in [0.1, 0.15) is 5.76 Å². The highest BCUT2D eigenvalue weighted by Crippen LogP contribution is 2.36. The van der Waals surface area contributed by atoms with Crippen molar-refractivity contribution in [3.63, 3.8) is 0 Å². The minimum absolute atomic E-state index is 0.122. The number of fused-ring (bicyclic) bond motifs is 3. The van der Waals surface area contributed by atoms with Gasteiger partial charge in [-0.1, -0.05) is 6.07 Å². The Kier molecular flexibility index (Phi) is 7.42. The third-order valence-electron chi connectivity index (χ3n) is 6.03. The van der Waals surface area contributed by atoms with Crippen molar-refractivity contribution in [2.24, 2.45) is 0 Å². The number of halogens is 3. The van der Waals surface area contributed by atoms with E-state index >= 15 is 0 Å². The fourth-order valence-corrected chi connectivity index (χ4v) is 5.02. The van der Waals surface area contributed by atoms with Crippen LogP contribution >= 0.6 is 15.9 Å². The fourth-order valence-electron chi connectivity index (χ4n) is 4.51. The molecule has 1 amide bonds. The molecule has 1 saturated heterocycles. The molecule has 34 heavy (non-hydrogen) atoms. The van der Waals surface area contributed by atoms with Gasteiger partial charge >= 0.3 is 0 Å². The molecule has 8 nitrogen and oxygen atoms in total. The summed E-state index contributed by atoms with van der Waals surface area (Å²) in [6.45, 7) is 1.81. The Morgan fingerprint density at radius 3 is 2.88 bits per heavy atom. The van der Waals surface area contributed by atoms with Crippen molar-refractivity contribution in [2.45, 2.75) is 37.8 Å². The molecule has 2 aromatic heterocycles. The predicted molar refractivity (Wildman–Crippen MR) is 122 cm³/mol. The quantitative estimate of drug-likeness (QED) is 0.440. The van der Waals surface area contributed by atoms with Gasteiger partial charge in [-0.05, 0) is 59.1 Å². The molecule has 3 N–H and O–H groups in total. The maximum Gasteiger partial charge on any atom is 0.290 e. The molecule has 0 unspecified atom stereocenters. The highest BCUT2D eigenvalue weighted by atomic mass is 79.9. The van der Waals surface area contributed by atoms with E-state index in [-0.39, 0.29) is 30.1 Å². The summed E-state index contributed by atoms with van der Waals surface area (Å²) in [5.41, 5.74) is 2.45. The number of furan rings is 1. The van der Waals surface area contributed by atoms with E-state index in [0.29, 0.717) is 18.5 Å². The van der Waals surface area contributed by atoms with Gasteiger partial charge in [-0.2, -0.15) is 5.10 Å². The predicted octanol–water partition coefficient (Wildman–Crippen LogP) is 3.71. The largest absolute Gasteiger partial charge is 0.483 e. The number of carbonyl (C=O) groups is 2. The second-order valence-corrected chi connectivity index (χ2v) is 8.93. The Labute approximate surface area is 202 Å². The SMILES string of the molecule is O=C(N[C@@H]1CNCC[C@H]1c1ccc(F)c(F)c1)c1cc2c(o1)CCCn1ncc(Br)c1-2.O=CO. The molecule has 2 aliphatic rings. The molecule has 0 aliphatic carbocycles. The highest BCUT2D eigenvalue weighted by molar-refractivity contribution is 9.10. The first-order valence-corrected chi connectivity index (χ1v) is 11.6. The summed E-state index contributed by atoms with van der Waals surface area (Å²) in [7, 11) is 0. The van der Waals surface area contributed by atoms with E-state index in [1.165, 1.54) is 6.07 Å². The fraction of sp³-hybridized carbons (Fsp3) is 0.348. The van der Waals surface area contributed by atoms with Crippen molar-refractivity contribution < 1.29 is 27.9 Å². The number of carboxylic acid groups (broad SMARTS) is 1. The average Bonchev–Trinajstić information content (AvgIpc) is 3.35. The minimum atomic E-state index is -0.877. The Bertz CT molecular complexity index is 1200. The zero-order chi connectivity index (χ0) is 24.2. The van der Waals surface area contributed by atoms with Crippen LogP contribution in [-0.4, -0.2) is 46.4 Å². The number of carbonyl (C=O) groups excluding carboxylic acids is 1. The van der Waals surface area contributed by atoms with Crippen LogP contribution in [0.15, 0.2) is 39.4 Å². The molecular formula is C23H23BrF2N4O4. The summed E-state index contributed by atoms with van der Waals surface area (Å²) in [5, 5.41) is 17.6. The Morgan fingerprint density at radius 1 is 1.32 bits per heavy atom. The van der Waals surface area contributed by atoms with Gasteiger partial charge in [0, 0.05) is 37.0 Å². The lowest BCUT2D eigenvalue weighted by atomic mass is 9.86. The van der Waals surface area contributed by atoms with Crippen LogP contribution in [-0.2, 0) is 17.8 Å². The maximum absolute atomic E-state index is 13.8. The number of aromatic nitrogens is 2. The van der Waals surface area contributed by atoms with Crippen molar-refractivity contribution in [1.29, 1.82) is 0 Å². The molecule has 4 heterocycles. The first-order chi connectivity index (χ1) is 16.4. The molecule has 0 spiro atoms. The number of rotatable bonds is 3. The smallest absolute Gasteiger partial charge is 0.290 e. The standard InChI is InChI=1S/C22H21BrF2N4O2.CH2O2/c23-15-10-27-29-7-1-2-19-14(21(15)29)9-20(31-19)22(30)28-18-11-26-6-5-13(18)12-3-4-16(24)17(25)8-12;2-1-3/h3-4,8-10,13,18,26H,1-2,5-7,11H2,(H,28,30);1H,(H,2,3)/t13-,18+;/m0./s1. The van der Waals surface area contributed by atoms with Gasteiger partial charge in [-0.25, -0.2) is 8.78 Å². The Morgan fingerprint density at radius 2 is 2.12 bits per heavy atom. The average molecular weight is 537 g/mol. The van der Waals surface area contributed by atoms with Crippen LogP contribution in [0, 0.1) is 11.6 Å². The summed E-state index contributed by atoms with van der Waals surface area (Å²) < 4.78 is 35.9. The van der Waals surface area contributed by atoms with Gasteiger partial charge in [-0.15, -0.1) is 0 Å². The number of nitrogens with one attached hydrogen (secondary N) is 2. The van der Waals surface area contributed by atoms with Crippen molar-refractivity contribution in [1.82, 2.24) is 20.4 Å². The zero-order valence-electron chi connectivity index (χ0n) is 18.1. The molecule has 3 aromatic rings. The van der Waals surface area contributed by atoms with E-state index in [9.17, 15) is 13.6 Å². The lowest BCUT2D eigenvalue weighted by molar-refractivity contribution is -0.122. The molecular weight excluding hydrogens is 514 g/mol. The van der Waals surface area contributed by atoms with Crippen molar-refractivity contribution in [2.75, 3.05) is 13.1 Å². The molecule has 2 atom stereocenters. The lowest BCUT2D eigenvalue weighted by Crippen LogP contribution is -2.50. The highest BCUT2D eigenvalue weighted by Gasteiger charge is 2.31. The van der Waals surface area contributed by atoms with E-state index in [4.69, 9.17) is 14.3 Å². The molecule has 2 aliphatic heterocycles. The molecule has 0 saturated carbocycles. The maximum atomic E-state index is 13.8. The number of nitrogens with zero attached hydrogens (tertiary/aromatic N) is 2. The van der Waals surface area contributed by atoms with Gasteiger partial charge in [0.15, 0.2) is 17.4 Å². The van der Waals surface area contributed by atoms with Crippen LogP contribution in [0.2, 0.25) is 0 Å². The van der Waals surface area contributed by atoms with Crippen molar-refractivity contribution >= 4 is 28.3 Å². The lowest BCUT2D eigenvalue weighted by Gasteiger charge is -2.33. The van der Waals surface area contributed by atoms with Crippen LogP contribution in [0.25, 0.3) is 11.3 Å². The number of hydrogen-bond donors (Lipinski definition) is 3. The van der Waals surface area contributed by atoms with E-state index < -0.39 is 11.6 Å². The van der Waals surface area contributed by atoms with Gasteiger partial charge in [0.2, 0.25) is 0 Å². The topological polar surface area (TPSA) is 109 Å². The molecule has 180 valence electrons. The third-order valence-corrected chi connectivity index (χ3v) is 6.61. The molecule has 1 aromatic carbocycles. The first kappa shape index (κ1) is 24.1. The molecule has 0 bridgehead atoms. The summed E-state index contributed by atoms with van der Waals surface area (Å²) in [4.78, 5) is 21.4. The Balaban J connectivity index is 0.000000868. The van der Waals surface area contributed by atoms with Gasteiger partial charge in [0.05, 0.1) is 16.4 Å². The van der Waals surface area contributed by atoms with E-state index in [0.717, 1.165) is 53.5 Å². The second-order valence-electron chi connectivity index (χ2n) is 8.07. The number of amides is 1. The number of hydrogen-bond acceptors (Lipinski definition) is 5. The molecule has 5 rings (SSSR count). The van der Waals surface area contributed by atoms with Crippen LogP contribution < -0.4 is 10.6 Å². The van der Waals surface area contributed by atoms with Crippen molar-refractivity contribution in [3.8, 4) is 11.3 Å². The van der Waals surface area contributed by atoms with Crippen LogP contribution in [0.1, 0.15) is 40.6 Å². The van der Waals surface area contributed by atoms with E-state index in [2.05, 4.69) is 31.7 Å². The molecule has 1 fully saturated rings. The van der Waals surface area contributed by atoms with Gasteiger partial charge in [-0.3, -0.25) is 14.3 Å². The van der Waals surface area contributed by atoms with E-state index in [1.807, 2.05) is 4.68 Å². The zero-order valence-corrected chi connectivity index (χ0v) is 19.6. The molecule has 11 heteroatoms. The summed E-state index contributed by atoms with van der Waals surface area (Å²) in [6, 6.07) is 5.43. The van der Waals surface area contributed by atoms with Crippen molar-refractivity contribution in [3.05, 3.63) is 63.7 Å². The molecule has 0 radical (unpaired) electrons. The third kappa shape index (κ3) is 4.90.